The van der Waals surface area contributed by atoms with Crippen LogP contribution in [-0.2, 0) is 6.42 Å². The number of carbonyl (C=O) groups excluding carboxylic acids is 1. The number of aromatic hydroxyl groups is 1. The number of aryl methyl sites for hydroxylation is 1. The minimum atomic E-state index is -0.0157. The molecule has 0 radical (unpaired) electrons. The summed E-state index contributed by atoms with van der Waals surface area (Å²) >= 11 is 0. The SMILES string of the molecule is Cc1cc(NCCc2cc(C(=N)N)ccc2O)ccc1C(=O)N1CCCC1. The second-order valence-corrected chi connectivity index (χ2v) is 6.96. The molecule has 0 atom stereocenters. The minimum absolute atomic E-state index is 0.0157. The van der Waals surface area contributed by atoms with Crippen LogP contribution in [0.25, 0.3) is 0 Å². The van der Waals surface area contributed by atoms with Gasteiger partial charge in [0, 0.05) is 36.4 Å². The maximum absolute atomic E-state index is 12.6. The van der Waals surface area contributed by atoms with Crippen LogP contribution >= 0.6 is 0 Å². The average Bonchev–Trinajstić information content (AvgIpc) is 3.17. The molecule has 2 aromatic rings. The summed E-state index contributed by atoms with van der Waals surface area (Å²) in [6.45, 7) is 4.27. The first-order chi connectivity index (χ1) is 13.0. The molecule has 0 aliphatic carbocycles. The van der Waals surface area contributed by atoms with Gasteiger partial charge >= 0.3 is 0 Å². The zero-order valence-electron chi connectivity index (χ0n) is 15.6. The van der Waals surface area contributed by atoms with E-state index < -0.39 is 0 Å². The van der Waals surface area contributed by atoms with E-state index >= 15 is 0 Å². The Bertz CT molecular complexity index is 857. The molecule has 1 aliphatic rings. The molecule has 142 valence electrons. The van der Waals surface area contributed by atoms with Gasteiger partial charge in [0.25, 0.3) is 5.91 Å². The number of nitrogens with two attached hydrogens (primary N) is 1. The number of hydrogen-bond acceptors (Lipinski definition) is 4. The van der Waals surface area contributed by atoms with Gasteiger partial charge in [-0.15, -0.1) is 0 Å². The number of benzene rings is 2. The number of likely N-dealkylation sites (tertiary alicyclic amines) is 1. The number of rotatable bonds is 6. The molecule has 1 saturated heterocycles. The Hall–Kier alpha value is -3.02. The lowest BCUT2D eigenvalue weighted by atomic mass is 10.1. The van der Waals surface area contributed by atoms with Gasteiger partial charge in [-0.2, -0.15) is 0 Å². The highest BCUT2D eigenvalue weighted by Gasteiger charge is 2.20. The molecule has 27 heavy (non-hydrogen) atoms. The third-order valence-corrected chi connectivity index (χ3v) is 4.96. The molecule has 0 unspecified atom stereocenters. The van der Waals surface area contributed by atoms with E-state index in [1.165, 1.54) is 0 Å². The lowest BCUT2D eigenvalue weighted by Crippen LogP contribution is -2.28. The molecule has 0 saturated carbocycles. The maximum Gasteiger partial charge on any atom is 0.254 e. The van der Waals surface area contributed by atoms with Crippen LogP contribution in [0.1, 0.15) is 39.9 Å². The molecule has 1 aliphatic heterocycles. The van der Waals surface area contributed by atoms with Crippen LogP contribution in [0.5, 0.6) is 5.75 Å². The number of nitrogens with one attached hydrogen (secondary N) is 2. The monoisotopic (exact) mass is 366 g/mol. The van der Waals surface area contributed by atoms with Crippen LogP contribution < -0.4 is 11.1 Å². The second kappa shape index (κ2) is 8.12. The Kier molecular flexibility index (Phi) is 5.64. The molecule has 0 aromatic heterocycles. The highest BCUT2D eigenvalue weighted by Crippen LogP contribution is 2.21. The number of nitrogens with zero attached hydrogens (tertiary/aromatic N) is 1. The van der Waals surface area contributed by atoms with Crippen LogP contribution in [0, 0.1) is 12.3 Å². The summed E-state index contributed by atoms with van der Waals surface area (Å²) in [6.07, 6.45) is 2.77. The van der Waals surface area contributed by atoms with Crippen molar-refractivity contribution >= 4 is 17.4 Å². The quantitative estimate of drug-likeness (QED) is 0.466. The smallest absolute Gasteiger partial charge is 0.254 e. The summed E-state index contributed by atoms with van der Waals surface area (Å²) in [6, 6.07) is 10.7. The van der Waals surface area contributed by atoms with Crippen LogP contribution in [0.4, 0.5) is 5.69 Å². The molecule has 2 aromatic carbocycles. The fourth-order valence-electron chi connectivity index (χ4n) is 3.40. The van der Waals surface area contributed by atoms with Crippen molar-refractivity contribution in [2.75, 3.05) is 25.0 Å². The zero-order valence-corrected chi connectivity index (χ0v) is 15.6. The highest BCUT2D eigenvalue weighted by atomic mass is 16.3. The van der Waals surface area contributed by atoms with Gasteiger partial charge in [-0.25, -0.2) is 0 Å². The molecular formula is C21H26N4O2. The lowest BCUT2D eigenvalue weighted by Gasteiger charge is -2.17. The van der Waals surface area contributed by atoms with Crippen LogP contribution in [-0.4, -0.2) is 41.4 Å². The Morgan fingerprint density at radius 1 is 1.22 bits per heavy atom. The number of hydrogen-bond donors (Lipinski definition) is 4. The summed E-state index contributed by atoms with van der Waals surface area (Å²) in [5.74, 6) is 0.296. The molecular weight excluding hydrogens is 340 g/mol. The minimum Gasteiger partial charge on any atom is -0.508 e. The summed E-state index contributed by atoms with van der Waals surface area (Å²) in [5.41, 5.74) is 9.50. The lowest BCUT2D eigenvalue weighted by molar-refractivity contribution is 0.0792. The van der Waals surface area contributed by atoms with Gasteiger partial charge in [0.15, 0.2) is 0 Å². The molecule has 6 heteroatoms. The Morgan fingerprint density at radius 3 is 2.63 bits per heavy atom. The van der Waals surface area contributed by atoms with Crippen molar-refractivity contribution < 1.29 is 9.90 Å². The van der Waals surface area contributed by atoms with Crippen molar-refractivity contribution in [3.63, 3.8) is 0 Å². The predicted octanol–water partition coefficient (Wildman–Crippen LogP) is 2.88. The topological polar surface area (TPSA) is 102 Å². The summed E-state index contributed by atoms with van der Waals surface area (Å²) in [5, 5.41) is 20.8. The number of phenols is 1. The maximum atomic E-state index is 12.6. The number of carbonyl (C=O) groups is 1. The number of nitrogen functional groups attached to an aromatic ring is 1. The predicted molar refractivity (Wildman–Crippen MR) is 108 cm³/mol. The van der Waals surface area contributed by atoms with E-state index in [0.29, 0.717) is 18.5 Å². The first-order valence-corrected chi connectivity index (χ1v) is 9.26. The summed E-state index contributed by atoms with van der Waals surface area (Å²) < 4.78 is 0. The molecule has 0 spiro atoms. The molecule has 1 fully saturated rings. The molecule has 1 amide bonds. The van der Waals surface area contributed by atoms with Crippen LogP contribution in [0.15, 0.2) is 36.4 Å². The molecule has 1 heterocycles. The van der Waals surface area contributed by atoms with Crippen molar-refractivity contribution in [1.82, 2.24) is 4.90 Å². The van der Waals surface area contributed by atoms with Gasteiger partial charge in [0.1, 0.15) is 11.6 Å². The fraction of sp³-hybridized carbons (Fsp3) is 0.333. The number of anilines is 1. The standard InChI is InChI=1S/C21H26N4O2/c1-14-12-17(5-6-18(14)21(27)25-10-2-3-11-25)24-9-8-15-13-16(20(22)23)4-7-19(15)26/h4-7,12-13,24,26H,2-3,8-11H2,1H3,(H3,22,23). The Labute approximate surface area is 159 Å². The average molecular weight is 366 g/mol. The first-order valence-electron chi connectivity index (χ1n) is 9.26. The molecule has 5 N–H and O–H groups in total. The van der Waals surface area contributed by atoms with Crippen LogP contribution in [0.3, 0.4) is 0 Å². The van der Waals surface area contributed by atoms with Crippen molar-refractivity contribution in [2.45, 2.75) is 26.2 Å². The van der Waals surface area contributed by atoms with E-state index in [4.69, 9.17) is 11.1 Å². The van der Waals surface area contributed by atoms with E-state index in [1.807, 2.05) is 30.0 Å². The van der Waals surface area contributed by atoms with Gasteiger partial charge < -0.3 is 21.1 Å². The Morgan fingerprint density at radius 2 is 1.96 bits per heavy atom. The van der Waals surface area contributed by atoms with Crippen molar-refractivity contribution in [1.29, 1.82) is 5.41 Å². The van der Waals surface area contributed by atoms with Crippen molar-refractivity contribution in [3.8, 4) is 5.75 Å². The summed E-state index contributed by atoms with van der Waals surface area (Å²) in [7, 11) is 0. The van der Waals surface area contributed by atoms with Crippen LogP contribution in [0.2, 0.25) is 0 Å². The van der Waals surface area contributed by atoms with Crippen molar-refractivity contribution in [2.24, 2.45) is 5.73 Å². The van der Waals surface area contributed by atoms with Gasteiger partial charge in [-0.1, -0.05) is 0 Å². The second-order valence-electron chi connectivity index (χ2n) is 6.96. The number of phenolic OH excluding ortho intramolecular Hbond substituents is 1. The zero-order chi connectivity index (χ0) is 19.4. The van der Waals surface area contributed by atoms with E-state index in [-0.39, 0.29) is 17.5 Å². The molecule has 6 nitrogen and oxygen atoms in total. The number of amidine groups is 1. The number of amides is 1. The molecule has 0 bridgehead atoms. The normalized spacial score (nSPS) is 13.6. The van der Waals surface area contributed by atoms with E-state index in [0.717, 1.165) is 48.3 Å². The van der Waals surface area contributed by atoms with E-state index in [1.54, 1.807) is 18.2 Å². The highest BCUT2D eigenvalue weighted by molar-refractivity contribution is 5.96. The van der Waals surface area contributed by atoms with Gasteiger partial charge in [-0.3, -0.25) is 10.2 Å². The van der Waals surface area contributed by atoms with Crippen molar-refractivity contribution in [3.05, 3.63) is 58.7 Å². The van der Waals surface area contributed by atoms with Gasteiger partial charge in [0.05, 0.1) is 0 Å². The fourth-order valence-corrected chi connectivity index (χ4v) is 3.40. The first kappa shape index (κ1) is 18.8. The third kappa shape index (κ3) is 4.39. The van der Waals surface area contributed by atoms with Gasteiger partial charge in [-0.05, 0) is 73.7 Å². The van der Waals surface area contributed by atoms with E-state index in [9.17, 15) is 9.90 Å². The summed E-state index contributed by atoms with van der Waals surface area (Å²) in [4.78, 5) is 14.5. The Balaban J connectivity index is 1.62. The van der Waals surface area contributed by atoms with Gasteiger partial charge in [0.2, 0.25) is 0 Å². The largest absolute Gasteiger partial charge is 0.508 e. The third-order valence-electron chi connectivity index (χ3n) is 4.96. The van der Waals surface area contributed by atoms with E-state index in [2.05, 4.69) is 5.32 Å². The molecule has 3 rings (SSSR count).